The van der Waals surface area contributed by atoms with Crippen LogP contribution in [0.1, 0.15) is 96.3 Å². The third-order valence-corrected chi connectivity index (χ3v) is 4.38. The molecule has 0 rings (SSSR count). The molecule has 4 nitrogen and oxygen atoms in total. The summed E-state index contributed by atoms with van der Waals surface area (Å²) in [5, 5.41) is 8.34. The number of carboxylic acid groups (broad SMARTS) is 1. The molecule has 0 aromatic heterocycles. The van der Waals surface area contributed by atoms with E-state index < -0.39 is 5.97 Å². The molecule has 0 fully saturated rings. The minimum absolute atomic E-state index is 0.0833. The van der Waals surface area contributed by atoms with Crippen molar-refractivity contribution < 1.29 is 19.4 Å². The van der Waals surface area contributed by atoms with Crippen molar-refractivity contribution in [1.82, 2.24) is 0 Å². The standard InChI is InChI=1S/C11H22O2S.C10H18O2/c1-13-11(12)9-7-5-3-2-4-6-8-10-14;1-2-3-4-5-6-7-8-9-10(11)12/h14H,2-10H2,1H3;2H,1,3-9H2,(H,11,12). The van der Waals surface area contributed by atoms with Gasteiger partial charge in [0.05, 0.1) is 7.11 Å². The average molecular weight is 389 g/mol. The molecule has 0 aliphatic carbocycles. The maximum Gasteiger partial charge on any atom is 0.305 e. The Morgan fingerprint density at radius 3 is 1.77 bits per heavy atom. The van der Waals surface area contributed by atoms with E-state index in [0.717, 1.165) is 44.3 Å². The van der Waals surface area contributed by atoms with E-state index in [1.54, 1.807) is 0 Å². The zero-order valence-electron chi connectivity index (χ0n) is 16.7. The van der Waals surface area contributed by atoms with Gasteiger partial charge >= 0.3 is 11.9 Å². The molecule has 0 radical (unpaired) electrons. The van der Waals surface area contributed by atoms with E-state index in [9.17, 15) is 9.59 Å². The van der Waals surface area contributed by atoms with Crippen molar-refractivity contribution in [2.45, 2.75) is 96.3 Å². The smallest absolute Gasteiger partial charge is 0.305 e. The number of carbonyl (C=O) groups is 2. The number of allylic oxidation sites excluding steroid dienone is 1. The zero-order chi connectivity index (χ0) is 19.9. The molecule has 0 aliphatic heterocycles. The molecular formula is C21H40O4S. The first-order chi connectivity index (χ1) is 12.6. The van der Waals surface area contributed by atoms with Crippen LogP contribution in [0.15, 0.2) is 12.7 Å². The number of ether oxygens (including phenoxy) is 1. The minimum Gasteiger partial charge on any atom is -0.481 e. The average Bonchev–Trinajstić information content (AvgIpc) is 2.63. The second-order valence-electron chi connectivity index (χ2n) is 6.51. The molecule has 0 heterocycles. The molecule has 1 N–H and O–H groups in total. The third kappa shape index (κ3) is 27.9. The van der Waals surface area contributed by atoms with Crippen molar-refractivity contribution in [1.29, 1.82) is 0 Å². The van der Waals surface area contributed by atoms with Crippen LogP contribution >= 0.6 is 12.6 Å². The molecule has 0 aromatic rings. The van der Waals surface area contributed by atoms with Gasteiger partial charge in [0.2, 0.25) is 0 Å². The second kappa shape index (κ2) is 24.0. The van der Waals surface area contributed by atoms with Crippen molar-refractivity contribution in [3.63, 3.8) is 0 Å². The number of unbranched alkanes of at least 4 members (excludes halogenated alkanes) is 11. The van der Waals surface area contributed by atoms with E-state index in [1.807, 2.05) is 6.08 Å². The van der Waals surface area contributed by atoms with Crippen LogP contribution in [0.25, 0.3) is 0 Å². The summed E-state index contributed by atoms with van der Waals surface area (Å²) in [6, 6.07) is 0. The van der Waals surface area contributed by atoms with Crippen LogP contribution in [0.5, 0.6) is 0 Å². The number of hydrogen-bond acceptors (Lipinski definition) is 4. The van der Waals surface area contributed by atoms with Crippen LogP contribution in [0.2, 0.25) is 0 Å². The van der Waals surface area contributed by atoms with Gasteiger partial charge < -0.3 is 9.84 Å². The highest BCUT2D eigenvalue weighted by Crippen LogP contribution is 2.09. The van der Waals surface area contributed by atoms with Gasteiger partial charge in [-0.25, -0.2) is 0 Å². The Labute approximate surface area is 166 Å². The molecule has 26 heavy (non-hydrogen) atoms. The van der Waals surface area contributed by atoms with Crippen LogP contribution in [-0.2, 0) is 14.3 Å². The first-order valence-electron chi connectivity index (χ1n) is 10.1. The Balaban J connectivity index is 0. The molecular weight excluding hydrogens is 348 g/mol. The third-order valence-electron chi connectivity index (χ3n) is 4.07. The Kier molecular flexibility index (Phi) is 25.2. The summed E-state index contributed by atoms with van der Waals surface area (Å²) < 4.78 is 4.56. The van der Waals surface area contributed by atoms with E-state index >= 15 is 0 Å². The predicted molar refractivity (Wildman–Crippen MR) is 113 cm³/mol. The van der Waals surface area contributed by atoms with Crippen LogP contribution in [-0.4, -0.2) is 29.9 Å². The van der Waals surface area contributed by atoms with Gasteiger partial charge in [0, 0.05) is 12.8 Å². The van der Waals surface area contributed by atoms with Crippen molar-refractivity contribution in [3.05, 3.63) is 12.7 Å². The second-order valence-corrected chi connectivity index (χ2v) is 6.96. The van der Waals surface area contributed by atoms with Gasteiger partial charge in [0.1, 0.15) is 0 Å². The van der Waals surface area contributed by atoms with Crippen LogP contribution in [0, 0.1) is 0 Å². The van der Waals surface area contributed by atoms with Crippen molar-refractivity contribution in [2.24, 2.45) is 0 Å². The molecule has 0 spiro atoms. The molecule has 0 unspecified atom stereocenters. The van der Waals surface area contributed by atoms with Gasteiger partial charge in [-0.15, -0.1) is 6.58 Å². The first kappa shape index (κ1) is 27.3. The Morgan fingerprint density at radius 1 is 0.846 bits per heavy atom. The fourth-order valence-corrected chi connectivity index (χ4v) is 2.69. The molecule has 154 valence electrons. The van der Waals surface area contributed by atoms with Gasteiger partial charge in [-0.3, -0.25) is 9.59 Å². The van der Waals surface area contributed by atoms with E-state index in [4.69, 9.17) is 5.11 Å². The lowest BCUT2D eigenvalue weighted by Crippen LogP contribution is -1.99. The van der Waals surface area contributed by atoms with Gasteiger partial charge in [0.15, 0.2) is 0 Å². The number of carboxylic acids is 1. The number of esters is 1. The number of aliphatic carboxylic acids is 1. The minimum atomic E-state index is -0.680. The van der Waals surface area contributed by atoms with E-state index in [1.165, 1.54) is 52.1 Å². The quantitative estimate of drug-likeness (QED) is 0.135. The highest BCUT2D eigenvalue weighted by Gasteiger charge is 1.98. The summed E-state index contributed by atoms with van der Waals surface area (Å²) in [5.41, 5.74) is 0. The number of hydrogen-bond donors (Lipinski definition) is 2. The number of methoxy groups -OCH3 is 1. The lowest BCUT2D eigenvalue weighted by atomic mass is 10.1. The lowest BCUT2D eigenvalue weighted by Gasteiger charge is -2.00. The number of carbonyl (C=O) groups excluding carboxylic acids is 1. The Morgan fingerprint density at radius 2 is 1.31 bits per heavy atom. The van der Waals surface area contributed by atoms with Gasteiger partial charge in [0.25, 0.3) is 0 Å². The molecule has 0 atom stereocenters. The van der Waals surface area contributed by atoms with Crippen molar-refractivity contribution >= 4 is 24.6 Å². The van der Waals surface area contributed by atoms with Gasteiger partial charge in [-0.05, 0) is 37.9 Å². The number of thiol groups is 1. The summed E-state index contributed by atoms with van der Waals surface area (Å²) in [6.45, 7) is 3.64. The molecule has 0 amide bonds. The topological polar surface area (TPSA) is 63.6 Å². The molecule has 0 aromatic carbocycles. The van der Waals surface area contributed by atoms with Crippen LogP contribution in [0.4, 0.5) is 0 Å². The molecule has 0 aliphatic rings. The fraction of sp³-hybridized carbons (Fsp3) is 0.810. The largest absolute Gasteiger partial charge is 0.481 e. The Bertz CT molecular complexity index is 332. The molecule has 0 saturated heterocycles. The summed E-state index contributed by atoms with van der Waals surface area (Å²) in [6.07, 6.45) is 17.8. The van der Waals surface area contributed by atoms with Gasteiger partial charge in [-0.1, -0.05) is 57.4 Å². The predicted octanol–water partition coefficient (Wildman–Crippen LogP) is 6.20. The summed E-state index contributed by atoms with van der Waals surface area (Å²) in [4.78, 5) is 20.9. The van der Waals surface area contributed by atoms with Gasteiger partial charge in [-0.2, -0.15) is 12.6 Å². The van der Waals surface area contributed by atoms with Crippen LogP contribution < -0.4 is 0 Å². The van der Waals surface area contributed by atoms with E-state index in [0.29, 0.717) is 12.8 Å². The van der Waals surface area contributed by atoms with Crippen molar-refractivity contribution in [2.75, 3.05) is 12.9 Å². The lowest BCUT2D eigenvalue weighted by molar-refractivity contribution is -0.141. The van der Waals surface area contributed by atoms with Crippen molar-refractivity contribution in [3.8, 4) is 0 Å². The van der Waals surface area contributed by atoms with E-state index in [-0.39, 0.29) is 5.97 Å². The first-order valence-corrected chi connectivity index (χ1v) is 10.7. The molecule has 5 heteroatoms. The van der Waals surface area contributed by atoms with E-state index in [2.05, 4.69) is 23.9 Å². The summed E-state index contributed by atoms with van der Waals surface area (Å²) in [7, 11) is 1.44. The molecule has 0 saturated carbocycles. The summed E-state index contributed by atoms with van der Waals surface area (Å²) >= 11 is 4.16. The normalized spacial score (nSPS) is 9.92. The summed E-state index contributed by atoms with van der Waals surface area (Å²) in [5.74, 6) is 0.240. The zero-order valence-corrected chi connectivity index (χ0v) is 17.6. The molecule has 0 bridgehead atoms. The monoisotopic (exact) mass is 388 g/mol. The maximum atomic E-state index is 10.8. The van der Waals surface area contributed by atoms with Crippen LogP contribution in [0.3, 0.4) is 0 Å². The fourth-order valence-electron chi connectivity index (χ4n) is 2.46. The highest BCUT2D eigenvalue weighted by molar-refractivity contribution is 7.80. The SMILES string of the molecule is C=CCCCCCCCC(=O)O.COC(=O)CCCCCCCCCS. The number of rotatable bonds is 17. The maximum absolute atomic E-state index is 10.8. The highest BCUT2D eigenvalue weighted by atomic mass is 32.1. The Hall–Kier alpha value is -0.970.